The number of carbonyl (C=O) groups excluding carboxylic acids is 2. The summed E-state index contributed by atoms with van der Waals surface area (Å²) in [6.45, 7) is 8.48. The van der Waals surface area contributed by atoms with Crippen LogP contribution in [0, 0.1) is 33.6 Å². The average Bonchev–Trinajstić information content (AvgIpc) is 3.02. The summed E-state index contributed by atoms with van der Waals surface area (Å²) in [7, 11) is 1.40. The van der Waals surface area contributed by atoms with Gasteiger partial charge in [-0.15, -0.1) is 0 Å². The molecule has 1 aliphatic heterocycles. The van der Waals surface area contributed by atoms with Gasteiger partial charge in [-0.25, -0.2) is 9.67 Å². The van der Waals surface area contributed by atoms with Gasteiger partial charge < -0.3 is 9.64 Å². The second-order valence-electron chi connectivity index (χ2n) is 7.84. The Balaban J connectivity index is 1.68. The Labute approximate surface area is 175 Å². The third-order valence-electron chi connectivity index (χ3n) is 6.00. The van der Waals surface area contributed by atoms with E-state index in [1.165, 1.54) is 7.11 Å². The number of aromatic nitrogens is 4. The summed E-state index contributed by atoms with van der Waals surface area (Å²) in [6, 6.07) is 0. The molecule has 0 aliphatic carbocycles. The third-order valence-corrected chi connectivity index (χ3v) is 6.00. The maximum absolute atomic E-state index is 12.7. The van der Waals surface area contributed by atoms with Gasteiger partial charge in [0, 0.05) is 36.5 Å². The first-order valence-electron chi connectivity index (χ1n) is 10.2. The van der Waals surface area contributed by atoms with Crippen LogP contribution in [-0.4, -0.2) is 56.7 Å². The fourth-order valence-electron chi connectivity index (χ4n) is 3.89. The molecule has 0 spiro atoms. The Kier molecular flexibility index (Phi) is 6.38. The van der Waals surface area contributed by atoms with Crippen molar-refractivity contribution in [2.75, 3.05) is 20.2 Å². The van der Waals surface area contributed by atoms with E-state index in [4.69, 9.17) is 4.74 Å². The van der Waals surface area contributed by atoms with Gasteiger partial charge >= 0.3 is 5.97 Å². The Morgan fingerprint density at radius 1 is 1.13 bits per heavy atom. The molecule has 30 heavy (non-hydrogen) atoms. The summed E-state index contributed by atoms with van der Waals surface area (Å²) in [5.74, 6) is 0.141. The zero-order valence-corrected chi connectivity index (χ0v) is 18.2. The molecule has 3 rings (SSSR count). The Bertz CT molecular complexity index is 1020. The monoisotopic (exact) mass is 415 g/mol. The molecule has 1 N–H and O–H groups in total. The van der Waals surface area contributed by atoms with Gasteiger partial charge in [-0.3, -0.25) is 19.4 Å². The number of aryl methyl sites for hydroxylation is 2. The maximum atomic E-state index is 12.7. The van der Waals surface area contributed by atoms with Crippen molar-refractivity contribution in [2.45, 2.75) is 53.4 Å². The van der Waals surface area contributed by atoms with E-state index in [9.17, 15) is 14.4 Å². The van der Waals surface area contributed by atoms with Gasteiger partial charge in [-0.2, -0.15) is 5.10 Å². The fourth-order valence-corrected chi connectivity index (χ4v) is 3.89. The molecule has 9 nitrogen and oxygen atoms in total. The number of amides is 1. The Morgan fingerprint density at radius 2 is 1.80 bits per heavy atom. The molecule has 2 aromatic heterocycles. The average molecular weight is 415 g/mol. The van der Waals surface area contributed by atoms with Gasteiger partial charge in [0.1, 0.15) is 0 Å². The number of H-pyrrole nitrogens is 1. The largest absolute Gasteiger partial charge is 0.469 e. The van der Waals surface area contributed by atoms with Gasteiger partial charge in [-0.1, -0.05) is 0 Å². The second-order valence-corrected chi connectivity index (χ2v) is 7.84. The van der Waals surface area contributed by atoms with Crippen molar-refractivity contribution in [3.05, 3.63) is 38.6 Å². The first-order valence-corrected chi connectivity index (χ1v) is 10.2. The number of rotatable bonds is 5. The van der Waals surface area contributed by atoms with E-state index >= 15 is 0 Å². The lowest BCUT2D eigenvalue weighted by atomic mass is 9.96. The van der Waals surface area contributed by atoms with Crippen LogP contribution < -0.4 is 5.56 Å². The Morgan fingerprint density at radius 3 is 2.40 bits per heavy atom. The van der Waals surface area contributed by atoms with Crippen LogP contribution in [0.4, 0.5) is 0 Å². The van der Waals surface area contributed by atoms with Crippen molar-refractivity contribution in [1.82, 2.24) is 24.6 Å². The quantitative estimate of drug-likeness (QED) is 0.742. The van der Waals surface area contributed by atoms with Crippen LogP contribution in [0.5, 0.6) is 0 Å². The topological polar surface area (TPSA) is 110 Å². The van der Waals surface area contributed by atoms with Gasteiger partial charge in [-0.05, 0) is 52.5 Å². The summed E-state index contributed by atoms with van der Waals surface area (Å²) >= 11 is 0. The van der Waals surface area contributed by atoms with E-state index in [-0.39, 0.29) is 23.4 Å². The lowest BCUT2D eigenvalue weighted by Crippen LogP contribution is -2.40. The second kappa shape index (κ2) is 8.81. The summed E-state index contributed by atoms with van der Waals surface area (Å²) < 4.78 is 6.43. The van der Waals surface area contributed by atoms with Crippen molar-refractivity contribution in [3.8, 4) is 5.95 Å². The molecular weight excluding hydrogens is 386 g/mol. The number of esters is 1. The lowest BCUT2D eigenvalue weighted by Gasteiger charge is -2.30. The number of methoxy groups -OCH3 is 1. The van der Waals surface area contributed by atoms with Crippen LogP contribution in [0.25, 0.3) is 5.95 Å². The number of ether oxygens (including phenoxy) is 1. The molecule has 1 saturated heterocycles. The molecule has 3 heterocycles. The predicted octanol–water partition coefficient (Wildman–Crippen LogP) is 1.53. The molecule has 0 atom stereocenters. The first kappa shape index (κ1) is 21.7. The summed E-state index contributed by atoms with van der Waals surface area (Å²) in [6.07, 6.45) is 2.20. The molecular formula is C21H29N5O4. The molecule has 9 heteroatoms. The van der Waals surface area contributed by atoms with Crippen molar-refractivity contribution >= 4 is 11.9 Å². The molecule has 0 radical (unpaired) electrons. The predicted molar refractivity (Wildman–Crippen MR) is 111 cm³/mol. The van der Waals surface area contributed by atoms with Crippen LogP contribution in [0.2, 0.25) is 0 Å². The van der Waals surface area contributed by atoms with Crippen LogP contribution in [0.15, 0.2) is 4.79 Å². The normalized spacial score (nSPS) is 14.8. The number of piperidine rings is 1. The smallest absolute Gasteiger partial charge is 0.308 e. The van der Waals surface area contributed by atoms with Crippen molar-refractivity contribution < 1.29 is 14.3 Å². The lowest BCUT2D eigenvalue weighted by molar-refractivity contribution is -0.148. The summed E-state index contributed by atoms with van der Waals surface area (Å²) in [5, 5.41) is 4.53. The Hall–Kier alpha value is -2.97. The molecule has 1 aliphatic rings. The highest BCUT2D eigenvalue weighted by Crippen LogP contribution is 2.21. The SMILES string of the molecule is COC(=O)C1CCN(C(=O)CCc2c(C)nn(-c3nc(C)c(C)c(=O)[nH]3)c2C)CC1. The number of nitrogens with zero attached hydrogens (tertiary/aromatic N) is 4. The number of hydrogen-bond donors (Lipinski definition) is 1. The minimum atomic E-state index is -0.196. The van der Waals surface area contributed by atoms with E-state index in [0.29, 0.717) is 56.0 Å². The van der Waals surface area contributed by atoms with Crippen molar-refractivity contribution in [1.29, 1.82) is 0 Å². The van der Waals surface area contributed by atoms with Gasteiger partial charge in [0.05, 0.1) is 18.7 Å². The molecule has 0 unspecified atom stereocenters. The van der Waals surface area contributed by atoms with Crippen molar-refractivity contribution in [3.63, 3.8) is 0 Å². The number of aromatic amines is 1. The zero-order chi connectivity index (χ0) is 22.0. The number of likely N-dealkylation sites (tertiary alicyclic amines) is 1. The maximum Gasteiger partial charge on any atom is 0.308 e. The fraction of sp³-hybridized carbons (Fsp3) is 0.571. The minimum Gasteiger partial charge on any atom is -0.469 e. The van der Waals surface area contributed by atoms with Crippen LogP contribution >= 0.6 is 0 Å². The number of nitrogens with one attached hydrogen (secondary N) is 1. The highest BCUT2D eigenvalue weighted by atomic mass is 16.5. The highest BCUT2D eigenvalue weighted by molar-refractivity contribution is 5.77. The van der Waals surface area contributed by atoms with E-state index in [1.54, 1.807) is 18.5 Å². The summed E-state index contributed by atoms with van der Waals surface area (Å²) in [5.41, 5.74) is 3.71. The molecule has 1 fully saturated rings. The molecule has 0 bridgehead atoms. The molecule has 0 saturated carbocycles. The third kappa shape index (κ3) is 4.29. The van der Waals surface area contributed by atoms with Crippen LogP contribution in [0.3, 0.4) is 0 Å². The number of hydrogen-bond acceptors (Lipinski definition) is 6. The van der Waals surface area contributed by atoms with E-state index in [2.05, 4.69) is 15.1 Å². The zero-order valence-electron chi connectivity index (χ0n) is 18.2. The van der Waals surface area contributed by atoms with E-state index < -0.39 is 0 Å². The van der Waals surface area contributed by atoms with Gasteiger partial charge in [0.25, 0.3) is 5.56 Å². The van der Waals surface area contributed by atoms with Gasteiger partial charge in [0.15, 0.2) is 0 Å². The first-order chi connectivity index (χ1) is 14.2. The van der Waals surface area contributed by atoms with Gasteiger partial charge in [0.2, 0.25) is 11.9 Å². The molecule has 2 aromatic rings. The molecule has 1 amide bonds. The molecule has 162 valence electrons. The number of carbonyl (C=O) groups is 2. The van der Waals surface area contributed by atoms with E-state index in [0.717, 1.165) is 17.0 Å². The standard InChI is InChI=1S/C21H29N5O4/c1-12-13(2)22-21(23-19(12)28)26-15(4)17(14(3)24-26)6-7-18(27)25-10-8-16(9-11-25)20(29)30-5/h16H,6-11H2,1-5H3,(H,22,23,28). The highest BCUT2D eigenvalue weighted by Gasteiger charge is 2.28. The van der Waals surface area contributed by atoms with E-state index in [1.807, 2.05) is 18.7 Å². The minimum absolute atomic E-state index is 0.0718. The molecule has 0 aromatic carbocycles. The van der Waals surface area contributed by atoms with Crippen LogP contribution in [-0.2, 0) is 20.7 Å². The van der Waals surface area contributed by atoms with Crippen molar-refractivity contribution in [2.24, 2.45) is 5.92 Å². The van der Waals surface area contributed by atoms with Crippen LogP contribution in [0.1, 0.15) is 47.5 Å². The summed E-state index contributed by atoms with van der Waals surface area (Å²) in [4.78, 5) is 45.4.